The van der Waals surface area contributed by atoms with E-state index in [1.165, 1.54) is 29.2 Å². The maximum atomic E-state index is 13.2. The summed E-state index contributed by atoms with van der Waals surface area (Å²) in [5.74, 6) is 0.211. The van der Waals surface area contributed by atoms with E-state index < -0.39 is 11.6 Å². The van der Waals surface area contributed by atoms with Gasteiger partial charge in [0.05, 0.1) is 19.9 Å². The fourth-order valence-electron chi connectivity index (χ4n) is 2.20. The summed E-state index contributed by atoms with van der Waals surface area (Å²) in [5, 5.41) is 2.82. The molecule has 0 N–H and O–H groups in total. The van der Waals surface area contributed by atoms with E-state index in [1.54, 1.807) is 20.3 Å². The molecule has 0 amide bonds. The minimum atomic E-state index is -0.839. The first kappa shape index (κ1) is 17.7. The molecular formula is C18H15F2NO2S2. The van der Waals surface area contributed by atoms with Crippen molar-refractivity contribution in [2.75, 3.05) is 14.2 Å². The SMILES string of the molecule is COc1ccc(-c2nc(CSc3ccc(F)c(F)c3)cs2)cc1OC. The van der Waals surface area contributed by atoms with Gasteiger partial charge in [-0.1, -0.05) is 0 Å². The van der Waals surface area contributed by atoms with Crippen molar-refractivity contribution in [2.24, 2.45) is 0 Å². The van der Waals surface area contributed by atoms with Crippen LogP contribution in [0, 0.1) is 11.6 Å². The molecule has 130 valence electrons. The summed E-state index contributed by atoms with van der Waals surface area (Å²) in [4.78, 5) is 5.27. The Morgan fingerprint density at radius 1 is 1.00 bits per heavy atom. The number of halogens is 2. The zero-order valence-electron chi connectivity index (χ0n) is 13.6. The topological polar surface area (TPSA) is 31.4 Å². The van der Waals surface area contributed by atoms with Crippen LogP contribution < -0.4 is 9.47 Å². The smallest absolute Gasteiger partial charge is 0.161 e. The highest BCUT2D eigenvalue weighted by molar-refractivity contribution is 7.98. The maximum absolute atomic E-state index is 13.2. The van der Waals surface area contributed by atoms with Crippen LogP contribution in [0.15, 0.2) is 46.7 Å². The van der Waals surface area contributed by atoms with Crippen LogP contribution in [-0.2, 0) is 5.75 Å². The quantitative estimate of drug-likeness (QED) is 0.537. The zero-order chi connectivity index (χ0) is 17.8. The fraction of sp³-hybridized carbons (Fsp3) is 0.167. The molecular weight excluding hydrogens is 364 g/mol. The molecule has 0 spiro atoms. The molecule has 2 aromatic carbocycles. The first-order valence-corrected chi connectivity index (χ1v) is 9.22. The third kappa shape index (κ3) is 4.11. The van der Waals surface area contributed by atoms with Crippen molar-refractivity contribution in [3.63, 3.8) is 0 Å². The normalized spacial score (nSPS) is 10.7. The Morgan fingerprint density at radius 2 is 1.80 bits per heavy atom. The second kappa shape index (κ2) is 7.84. The molecule has 0 aliphatic carbocycles. The molecule has 0 aliphatic rings. The average molecular weight is 379 g/mol. The molecule has 0 aliphatic heterocycles. The van der Waals surface area contributed by atoms with E-state index in [9.17, 15) is 8.78 Å². The Bertz CT molecular complexity index is 883. The van der Waals surface area contributed by atoms with Crippen molar-refractivity contribution in [2.45, 2.75) is 10.6 Å². The highest BCUT2D eigenvalue weighted by Gasteiger charge is 2.10. The van der Waals surface area contributed by atoms with Crippen LogP contribution in [0.25, 0.3) is 10.6 Å². The van der Waals surface area contributed by atoms with Gasteiger partial charge in [0.25, 0.3) is 0 Å². The highest BCUT2D eigenvalue weighted by Crippen LogP contribution is 2.34. The van der Waals surface area contributed by atoms with Gasteiger partial charge in [0.1, 0.15) is 5.01 Å². The number of thioether (sulfide) groups is 1. The van der Waals surface area contributed by atoms with E-state index in [4.69, 9.17) is 9.47 Å². The van der Waals surface area contributed by atoms with Gasteiger partial charge in [0, 0.05) is 21.6 Å². The van der Waals surface area contributed by atoms with Crippen molar-refractivity contribution in [3.8, 4) is 22.1 Å². The molecule has 1 heterocycles. The lowest BCUT2D eigenvalue weighted by atomic mass is 10.2. The number of ether oxygens (including phenoxy) is 2. The summed E-state index contributed by atoms with van der Waals surface area (Å²) >= 11 is 2.93. The second-order valence-corrected chi connectivity index (χ2v) is 6.99. The number of rotatable bonds is 6. The van der Waals surface area contributed by atoms with Gasteiger partial charge in [0.15, 0.2) is 23.1 Å². The molecule has 0 saturated carbocycles. The van der Waals surface area contributed by atoms with E-state index in [1.807, 2.05) is 23.6 Å². The minimum absolute atomic E-state index is 0.578. The molecule has 0 bridgehead atoms. The van der Waals surface area contributed by atoms with Crippen LogP contribution in [-0.4, -0.2) is 19.2 Å². The predicted octanol–water partition coefficient (Wildman–Crippen LogP) is 5.40. The number of aromatic nitrogens is 1. The average Bonchev–Trinajstić information content (AvgIpc) is 3.11. The van der Waals surface area contributed by atoms with Crippen molar-refractivity contribution in [1.29, 1.82) is 0 Å². The predicted molar refractivity (Wildman–Crippen MR) is 96.6 cm³/mol. The van der Waals surface area contributed by atoms with Gasteiger partial charge in [-0.3, -0.25) is 0 Å². The molecule has 25 heavy (non-hydrogen) atoms. The number of thiazole rings is 1. The van der Waals surface area contributed by atoms with Crippen molar-refractivity contribution >= 4 is 23.1 Å². The Balaban J connectivity index is 1.73. The molecule has 3 rings (SSSR count). The van der Waals surface area contributed by atoms with Crippen LogP contribution in [0.3, 0.4) is 0 Å². The fourth-order valence-corrected chi connectivity index (χ4v) is 3.93. The Morgan fingerprint density at radius 3 is 2.52 bits per heavy atom. The summed E-state index contributed by atoms with van der Waals surface area (Å²) in [7, 11) is 3.18. The van der Waals surface area contributed by atoms with Gasteiger partial charge >= 0.3 is 0 Å². The first-order chi connectivity index (χ1) is 12.1. The van der Waals surface area contributed by atoms with Crippen molar-refractivity contribution < 1.29 is 18.3 Å². The molecule has 1 aromatic heterocycles. The molecule has 0 unspecified atom stereocenters. The lowest BCUT2D eigenvalue weighted by molar-refractivity contribution is 0.355. The van der Waals surface area contributed by atoms with E-state index in [0.29, 0.717) is 22.1 Å². The number of benzene rings is 2. The van der Waals surface area contributed by atoms with Gasteiger partial charge in [-0.2, -0.15) is 0 Å². The highest BCUT2D eigenvalue weighted by atomic mass is 32.2. The van der Waals surface area contributed by atoms with Crippen molar-refractivity contribution in [1.82, 2.24) is 4.98 Å². The van der Waals surface area contributed by atoms with E-state index in [0.717, 1.165) is 22.3 Å². The van der Waals surface area contributed by atoms with E-state index in [2.05, 4.69) is 4.98 Å². The monoisotopic (exact) mass is 379 g/mol. The third-order valence-corrected chi connectivity index (χ3v) is 5.43. The summed E-state index contributed by atoms with van der Waals surface area (Å²) in [6, 6.07) is 9.53. The molecule has 0 saturated heterocycles. The van der Waals surface area contributed by atoms with Gasteiger partial charge in [-0.25, -0.2) is 13.8 Å². The maximum Gasteiger partial charge on any atom is 0.161 e. The van der Waals surface area contributed by atoms with Crippen LogP contribution in [0.5, 0.6) is 11.5 Å². The van der Waals surface area contributed by atoms with E-state index >= 15 is 0 Å². The summed E-state index contributed by atoms with van der Waals surface area (Å²) in [5.41, 5.74) is 1.82. The Labute approximate surface area is 152 Å². The molecule has 3 aromatic rings. The summed E-state index contributed by atoms with van der Waals surface area (Å²) in [6.07, 6.45) is 0. The molecule has 0 radical (unpaired) electrons. The van der Waals surface area contributed by atoms with Gasteiger partial charge in [-0.15, -0.1) is 23.1 Å². The number of nitrogens with zero attached hydrogens (tertiary/aromatic N) is 1. The molecule has 7 heteroatoms. The van der Waals surface area contributed by atoms with E-state index in [-0.39, 0.29) is 0 Å². The lowest BCUT2D eigenvalue weighted by Gasteiger charge is -2.08. The Hall–Kier alpha value is -2.12. The third-order valence-electron chi connectivity index (χ3n) is 3.46. The van der Waals surface area contributed by atoms with Gasteiger partial charge in [-0.05, 0) is 36.4 Å². The van der Waals surface area contributed by atoms with Gasteiger partial charge in [0.2, 0.25) is 0 Å². The molecule has 0 atom stereocenters. The molecule has 3 nitrogen and oxygen atoms in total. The standard InChI is InChI=1S/C18H15F2NO2S2/c1-22-16-6-3-11(7-17(16)23-2)18-21-12(10-25-18)9-24-13-4-5-14(19)15(20)8-13/h3-8,10H,9H2,1-2H3. The first-order valence-electron chi connectivity index (χ1n) is 7.35. The van der Waals surface area contributed by atoms with Gasteiger partial charge < -0.3 is 9.47 Å². The van der Waals surface area contributed by atoms with Crippen LogP contribution in [0.2, 0.25) is 0 Å². The number of hydrogen-bond donors (Lipinski definition) is 0. The largest absolute Gasteiger partial charge is 0.493 e. The molecule has 0 fully saturated rings. The summed E-state index contributed by atoms with van der Waals surface area (Å²) < 4.78 is 36.7. The minimum Gasteiger partial charge on any atom is -0.493 e. The van der Waals surface area contributed by atoms with Crippen molar-refractivity contribution in [3.05, 3.63) is 59.1 Å². The number of methoxy groups -OCH3 is 2. The Kier molecular flexibility index (Phi) is 5.55. The van der Waals surface area contributed by atoms with Crippen LogP contribution in [0.4, 0.5) is 8.78 Å². The van der Waals surface area contributed by atoms with Crippen LogP contribution in [0.1, 0.15) is 5.69 Å². The second-order valence-electron chi connectivity index (χ2n) is 5.08. The number of hydrogen-bond acceptors (Lipinski definition) is 5. The van der Waals surface area contributed by atoms with Crippen LogP contribution >= 0.6 is 23.1 Å². The summed E-state index contributed by atoms with van der Waals surface area (Å²) in [6.45, 7) is 0. The zero-order valence-corrected chi connectivity index (χ0v) is 15.2. The lowest BCUT2D eigenvalue weighted by Crippen LogP contribution is -1.91.